The van der Waals surface area contributed by atoms with Crippen molar-refractivity contribution < 1.29 is 14.3 Å². The summed E-state index contributed by atoms with van der Waals surface area (Å²) in [6.07, 6.45) is 0. The van der Waals surface area contributed by atoms with E-state index in [1.165, 1.54) is 0 Å². The maximum Gasteiger partial charge on any atom is 0.261 e. The molecule has 2 aromatic carbocycles. The minimum absolute atomic E-state index is 0.1000. The molecule has 0 aliphatic carbocycles. The SMILES string of the molecule is CCSC1=C(C)C(c2ccc(OC)c(OC)c2)N(Cc2ccccc2)C1=O. The highest BCUT2D eigenvalue weighted by atomic mass is 32.2. The molecule has 0 radical (unpaired) electrons. The fourth-order valence-electron chi connectivity index (χ4n) is 3.49. The standard InChI is InChI=1S/C22H25NO3S/c1-5-27-21-15(2)20(17-11-12-18(25-3)19(13-17)26-4)23(22(21)24)14-16-9-7-6-8-10-16/h6-13,20H,5,14H2,1-4H3. The molecule has 1 aliphatic heterocycles. The zero-order valence-corrected chi connectivity index (χ0v) is 17.0. The van der Waals surface area contributed by atoms with Crippen LogP contribution in [0.25, 0.3) is 0 Å². The lowest BCUT2D eigenvalue weighted by Crippen LogP contribution is -2.29. The average Bonchev–Trinajstić information content (AvgIpc) is 2.93. The molecule has 3 rings (SSSR count). The molecular formula is C22H25NO3S. The molecule has 1 aliphatic rings. The summed E-state index contributed by atoms with van der Waals surface area (Å²) < 4.78 is 10.8. The Balaban J connectivity index is 2.03. The third-order valence-corrected chi connectivity index (χ3v) is 5.82. The summed E-state index contributed by atoms with van der Waals surface area (Å²) in [5.41, 5.74) is 3.24. The van der Waals surface area contributed by atoms with Crippen LogP contribution in [0.2, 0.25) is 0 Å². The Kier molecular flexibility index (Phi) is 6.11. The second-order valence-corrected chi connectivity index (χ2v) is 7.66. The Bertz CT molecular complexity index is 848. The van der Waals surface area contributed by atoms with Crippen LogP contribution in [-0.4, -0.2) is 30.8 Å². The maximum absolute atomic E-state index is 13.2. The third-order valence-electron chi connectivity index (χ3n) is 4.74. The predicted octanol–water partition coefficient (Wildman–Crippen LogP) is 4.81. The van der Waals surface area contributed by atoms with E-state index in [1.807, 2.05) is 41.3 Å². The van der Waals surface area contributed by atoms with E-state index >= 15 is 0 Å². The Morgan fingerprint density at radius 2 is 1.74 bits per heavy atom. The molecule has 2 aromatic rings. The summed E-state index contributed by atoms with van der Waals surface area (Å²) in [7, 11) is 3.25. The van der Waals surface area contributed by atoms with Crippen LogP contribution in [0.5, 0.6) is 11.5 Å². The topological polar surface area (TPSA) is 38.8 Å². The van der Waals surface area contributed by atoms with E-state index in [1.54, 1.807) is 26.0 Å². The number of nitrogens with zero attached hydrogens (tertiary/aromatic N) is 1. The van der Waals surface area contributed by atoms with Crippen molar-refractivity contribution in [3.05, 3.63) is 70.1 Å². The second kappa shape index (κ2) is 8.53. The van der Waals surface area contributed by atoms with Gasteiger partial charge in [0.05, 0.1) is 25.2 Å². The summed E-state index contributed by atoms with van der Waals surface area (Å²) in [6, 6.07) is 15.9. The molecular weight excluding hydrogens is 358 g/mol. The van der Waals surface area contributed by atoms with Crippen LogP contribution in [0.3, 0.4) is 0 Å². The molecule has 1 atom stereocenters. The predicted molar refractivity (Wildman–Crippen MR) is 110 cm³/mol. The number of carbonyl (C=O) groups excluding carboxylic acids is 1. The number of benzene rings is 2. The number of amides is 1. The average molecular weight is 384 g/mol. The molecule has 5 heteroatoms. The Morgan fingerprint density at radius 1 is 1.04 bits per heavy atom. The number of thioether (sulfide) groups is 1. The molecule has 1 unspecified atom stereocenters. The van der Waals surface area contributed by atoms with Gasteiger partial charge >= 0.3 is 0 Å². The summed E-state index contributed by atoms with van der Waals surface area (Å²) in [6.45, 7) is 4.70. The van der Waals surface area contributed by atoms with Gasteiger partial charge in [0.1, 0.15) is 0 Å². The number of carbonyl (C=O) groups is 1. The fraction of sp³-hybridized carbons (Fsp3) is 0.318. The number of rotatable bonds is 7. The summed E-state index contributed by atoms with van der Waals surface area (Å²) in [5.74, 6) is 2.33. The molecule has 0 N–H and O–H groups in total. The maximum atomic E-state index is 13.2. The molecule has 1 amide bonds. The Labute approximate surface area is 165 Å². The molecule has 4 nitrogen and oxygen atoms in total. The lowest BCUT2D eigenvalue weighted by Gasteiger charge is -2.27. The monoisotopic (exact) mass is 383 g/mol. The molecule has 0 saturated heterocycles. The van der Waals surface area contributed by atoms with Crippen molar-refractivity contribution in [1.29, 1.82) is 0 Å². The van der Waals surface area contributed by atoms with Gasteiger partial charge in [-0.05, 0) is 41.5 Å². The van der Waals surface area contributed by atoms with Crippen LogP contribution in [0.15, 0.2) is 59.0 Å². The van der Waals surface area contributed by atoms with Crippen molar-refractivity contribution in [3.8, 4) is 11.5 Å². The smallest absolute Gasteiger partial charge is 0.261 e. The first-order chi connectivity index (χ1) is 13.1. The van der Waals surface area contributed by atoms with Crippen LogP contribution in [0, 0.1) is 0 Å². The molecule has 1 heterocycles. The third kappa shape index (κ3) is 3.83. The van der Waals surface area contributed by atoms with Gasteiger partial charge in [-0.15, -0.1) is 11.8 Å². The van der Waals surface area contributed by atoms with Crippen molar-refractivity contribution in [2.45, 2.75) is 26.4 Å². The van der Waals surface area contributed by atoms with Crippen molar-refractivity contribution in [3.63, 3.8) is 0 Å². The van der Waals surface area contributed by atoms with E-state index in [0.29, 0.717) is 18.0 Å². The first-order valence-corrected chi connectivity index (χ1v) is 9.99. The first kappa shape index (κ1) is 19.4. The molecule has 0 spiro atoms. The number of hydrogen-bond donors (Lipinski definition) is 0. The van der Waals surface area contributed by atoms with E-state index in [-0.39, 0.29) is 11.9 Å². The van der Waals surface area contributed by atoms with E-state index in [9.17, 15) is 4.79 Å². The van der Waals surface area contributed by atoms with Crippen LogP contribution in [0.1, 0.15) is 31.0 Å². The highest BCUT2D eigenvalue weighted by Gasteiger charge is 2.38. The minimum Gasteiger partial charge on any atom is -0.493 e. The molecule has 27 heavy (non-hydrogen) atoms. The Hall–Kier alpha value is -2.40. The van der Waals surface area contributed by atoms with E-state index < -0.39 is 0 Å². The lowest BCUT2D eigenvalue weighted by atomic mass is 10.00. The van der Waals surface area contributed by atoms with Gasteiger partial charge in [0.25, 0.3) is 5.91 Å². The van der Waals surface area contributed by atoms with Crippen molar-refractivity contribution in [2.24, 2.45) is 0 Å². The molecule has 142 valence electrons. The summed E-state index contributed by atoms with van der Waals surface area (Å²) in [4.78, 5) is 16.0. The van der Waals surface area contributed by atoms with Crippen LogP contribution in [-0.2, 0) is 11.3 Å². The second-order valence-electron chi connectivity index (χ2n) is 6.38. The molecule has 0 bridgehead atoms. The van der Waals surface area contributed by atoms with E-state index in [2.05, 4.69) is 26.0 Å². The van der Waals surface area contributed by atoms with Gasteiger partial charge < -0.3 is 14.4 Å². The normalized spacial score (nSPS) is 16.8. The molecule has 0 saturated carbocycles. The van der Waals surface area contributed by atoms with Crippen LogP contribution >= 0.6 is 11.8 Å². The van der Waals surface area contributed by atoms with E-state index in [4.69, 9.17) is 9.47 Å². The van der Waals surface area contributed by atoms with E-state index in [0.717, 1.165) is 27.4 Å². The highest BCUT2D eigenvalue weighted by molar-refractivity contribution is 8.04. The van der Waals surface area contributed by atoms with Gasteiger partial charge in [0, 0.05) is 6.54 Å². The van der Waals surface area contributed by atoms with Gasteiger partial charge in [-0.25, -0.2) is 0 Å². The quantitative estimate of drug-likeness (QED) is 0.687. The number of methoxy groups -OCH3 is 2. The fourth-order valence-corrected chi connectivity index (χ4v) is 4.36. The van der Waals surface area contributed by atoms with Crippen LogP contribution in [0.4, 0.5) is 0 Å². The molecule has 0 fully saturated rings. The Morgan fingerprint density at radius 3 is 2.37 bits per heavy atom. The van der Waals surface area contributed by atoms with Crippen molar-refractivity contribution in [2.75, 3.05) is 20.0 Å². The van der Waals surface area contributed by atoms with Crippen molar-refractivity contribution >= 4 is 17.7 Å². The number of hydrogen-bond acceptors (Lipinski definition) is 4. The highest BCUT2D eigenvalue weighted by Crippen LogP contribution is 2.44. The lowest BCUT2D eigenvalue weighted by molar-refractivity contribution is -0.127. The summed E-state index contributed by atoms with van der Waals surface area (Å²) in [5, 5.41) is 0. The molecule has 0 aromatic heterocycles. The zero-order valence-electron chi connectivity index (χ0n) is 16.2. The minimum atomic E-state index is -0.105. The van der Waals surface area contributed by atoms with Gasteiger partial charge in [0.2, 0.25) is 0 Å². The first-order valence-electron chi connectivity index (χ1n) is 9.01. The van der Waals surface area contributed by atoms with Gasteiger partial charge in [-0.1, -0.05) is 43.3 Å². The summed E-state index contributed by atoms with van der Waals surface area (Å²) >= 11 is 1.62. The van der Waals surface area contributed by atoms with Gasteiger partial charge in [0.15, 0.2) is 11.5 Å². The van der Waals surface area contributed by atoms with Gasteiger partial charge in [-0.3, -0.25) is 4.79 Å². The number of ether oxygens (including phenoxy) is 2. The largest absolute Gasteiger partial charge is 0.493 e. The van der Waals surface area contributed by atoms with Gasteiger partial charge in [-0.2, -0.15) is 0 Å². The van der Waals surface area contributed by atoms with Crippen molar-refractivity contribution in [1.82, 2.24) is 4.90 Å². The van der Waals surface area contributed by atoms with Crippen LogP contribution < -0.4 is 9.47 Å². The zero-order chi connectivity index (χ0) is 19.4.